The van der Waals surface area contributed by atoms with Gasteiger partial charge in [0, 0.05) is 6.54 Å². The molecule has 1 saturated heterocycles. The molecule has 136 valence electrons. The minimum atomic E-state index is -0.628. The minimum absolute atomic E-state index is 0.132. The number of rotatable bonds is 4. The van der Waals surface area contributed by atoms with Crippen molar-refractivity contribution in [3.63, 3.8) is 0 Å². The largest absolute Gasteiger partial charge is 0.465 e. The molecule has 0 radical (unpaired) electrons. The first-order valence-electron chi connectivity index (χ1n) is 8.36. The Morgan fingerprint density at radius 3 is 2.62 bits per heavy atom. The monoisotopic (exact) mass is 356 g/mol. The number of carbonyl (C=O) groups excluding carboxylic acids is 3. The number of esters is 1. The van der Waals surface area contributed by atoms with Crippen LogP contribution in [0.2, 0.25) is 0 Å². The maximum atomic E-state index is 13.2. The normalized spacial score (nSPS) is 17.0. The summed E-state index contributed by atoms with van der Waals surface area (Å²) in [6.45, 7) is 0.546. The van der Waals surface area contributed by atoms with Crippen molar-refractivity contribution in [3.05, 3.63) is 52.8 Å². The van der Waals surface area contributed by atoms with Crippen LogP contribution in [0.15, 0.2) is 30.3 Å². The van der Waals surface area contributed by atoms with E-state index in [0.29, 0.717) is 17.8 Å². The average molecular weight is 356 g/mol. The van der Waals surface area contributed by atoms with Gasteiger partial charge in [-0.15, -0.1) is 0 Å². The molecule has 0 aliphatic carbocycles. The number of methoxy groups -OCH3 is 1. The van der Waals surface area contributed by atoms with Gasteiger partial charge in [-0.25, -0.2) is 4.79 Å². The summed E-state index contributed by atoms with van der Waals surface area (Å²) < 4.78 is 4.78. The first kappa shape index (κ1) is 17.7. The highest BCUT2D eigenvalue weighted by Crippen LogP contribution is 2.32. The Bertz CT molecular complexity index is 845. The lowest BCUT2D eigenvalue weighted by Crippen LogP contribution is -2.39. The van der Waals surface area contributed by atoms with Gasteiger partial charge in [-0.05, 0) is 37.5 Å². The number of amides is 2. The fourth-order valence-electron chi connectivity index (χ4n) is 3.24. The highest BCUT2D eigenvalue weighted by Gasteiger charge is 2.32. The Morgan fingerprint density at radius 1 is 1.23 bits per heavy atom. The first-order chi connectivity index (χ1) is 12.5. The van der Waals surface area contributed by atoms with E-state index in [1.54, 1.807) is 35.2 Å². The van der Waals surface area contributed by atoms with Gasteiger partial charge in [0.05, 0.1) is 30.0 Å². The molecule has 1 unspecified atom stereocenters. The third kappa shape index (κ3) is 3.30. The standard InChI is InChI=1S/C18H20N4O4/c1-26-18(25)12-7-3-2-6-11(12)17(24)22-9-5-4-8-15(22)13-10-14(16(19)23)21-20-13/h2-3,6-7,10,15H,4-5,8-9H2,1H3,(H2,19,23)(H,20,21). The molecule has 1 aliphatic rings. The molecule has 26 heavy (non-hydrogen) atoms. The molecule has 0 spiro atoms. The van der Waals surface area contributed by atoms with Crippen LogP contribution < -0.4 is 5.73 Å². The third-order valence-corrected chi connectivity index (χ3v) is 4.54. The lowest BCUT2D eigenvalue weighted by Gasteiger charge is -2.35. The van der Waals surface area contributed by atoms with Crippen molar-refractivity contribution < 1.29 is 19.1 Å². The Balaban J connectivity index is 1.94. The number of H-pyrrole nitrogens is 1. The zero-order chi connectivity index (χ0) is 18.7. The highest BCUT2D eigenvalue weighted by molar-refractivity contribution is 6.05. The van der Waals surface area contributed by atoms with E-state index in [1.807, 2.05) is 0 Å². The van der Waals surface area contributed by atoms with Crippen molar-refractivity contribution in [1.82, 2.24) is 15.1 Å². The van der Waals surface area contributed by atoms with Crippen LogP contribution >= 0.6 is 0 Å². The second-order valence-corrected chi connectivity index (χ2v) is 6.12. The summed E-state index contributed by atoms with van der Waals surface area (Å²) in [6, 6.07) is 7.89. The predicted molar refractivity (Wildman–Crippen MR) is 92.5 cm³/mol. The highest BCUT2D eigenvalue weighted by atomic mass is 16.5. The van der Waals surface area contributed by atoms with E-state index in [0.717, 1.165) is 19.3 Å². The lowest BCUT2D eigenvalue weighted by molar-refractivity contribution is 0.0560. The molecule has 3 rings (SSSR count). The molecule has 1 aromatic heterocycles. The van der Waals surface area contributed by atoms with Crippen molar-refractivity contribution >= 4 is 17.8 Å². The number of hydrogen-bond acceptors (Lipinski definition) is 5. The predicted octanol–water partition coefficient (Wildman–Crippen LogP) is 1.66. The summed E-state index contributed by atoms with van der Waals surface area (Å²) in [5.41, 5.74) is 6.57. The molecule has 2 heterocycles. The van der Waals surface area contributed by atoms with Crippen molar-refractivity contribution in [1.29, 1.82) is 0 Å². The lowest BCUT2D eigenvalue weighted by atomic mass is 9.97. The zero-order valence-electron chi connectivity index (χ0n) is 14.4. The van der Waals surface area contributed by atoms with Gasteiger partial charge in [0.25, 0.3) is 11.8 Å². The Labute approximate surface area is 150 Å². The number of aromatic amines is 1. The number of nitrogens with two attached hydrogens (primary N) is 1. The van der Waals surface area contributed by atoms with Crippen LogP contribution in [-0.4, -0.2) is 46.5 Å². The number of ether oxygens (including phenoxy) is 1. The molecule has 0 bridgehead atoms. The number of primary amides is 1. The van der Waals surface area contributed by atoms with E-state index in [2.05, 4.69) is 10.2 Å². The van der Waals surface area contributed by atoms with E-state index >= 15 is 0 Å². The number of nitrogens with zero attached hydrogens (tertiary/aromatic N) is 2. The third-order valence-electron chi connectivity index (χ3n) is 4.54. The van der Waals surface area contributed by atoms with Crippen LogP contribution in [0.1, 0.15) is 62.2 Å². The Hall–Kier alpha value is -3.16. The quantitative estimate of drug-likeness (QED) is 0.808. The number of hydrogen-bond donors (Lipinski definition) is 2. The Morgan fingerprint density at radius 2 is 1.96 bits per heavy atom. The molecular weight excluding hydrogens is 336 g/mol. The molecule has 2 amide bonds. The van der Waals surface area contributed by atoms with Gasteiger partial charge in [0.15, 0.2) is 0 Å². The summed E-state index contributed by atoms with van der Waals surface area (Å²) in [7, 11) is 1.28. The topological polar surface area (TPSA) is 118 Å². The van der Waals surface area contributed by atoms with E-state index in [-0.39, 0.29) is 23.2 Å². The fraction of sp³-hybridized carbons (Fsp3) is 0.333. The van der Waals surface area contributed by atoms with E-state index in [4.69, 9.17) is 10.5 Å². The number of likely N-dealkylation sites (tertiary alicyclic amines) is 1. The Kier molecular flexibility index (Phi) is 5.01. The average Bonchev–Trinajstić information content (AvgIpc) is 3.17. The molecule has 8 heteroatoms. The van der Waals surface area contributed by atoms with Gasteiger partial charge in [-0.1, -0.05) is 12.1 Å². The van der Waals surface area contributed by atoms with Crippen LogP contribution in [0, 0.1) is 0 Å². The molecule has 8 nitrogen and oxygen atoms in total. The minimum Gasteiger partial charge on any atom is -0.465 e. The van der Waals surface area contributed by atoms with Gasteiger partial charge in [-0.2, -0.15) is 5.10 Å². The second kappa shape index (κ2) is 7.38. The van der Waals surface area contributed by atoms with Crippen molar-refractivity contribution in [2.24, 2.45) is 5.73 Å². The molecule has 1 fully saturated rings. The summed E-state index contributed by atoms with van der Waals surface area (Å²) in [5, 5.41) is 6.71. The van der Waals surface area contributed by atoms with Gasteiger partial charge in [0.2, 0.25) is 0 Å². The molecule has 1 atom stereocenters. The van der Waals surface area contributed by atoms with Crippen LogP contribution in [0.3, 0.4) is 0 Å². The summed E-state index contributed by atoms with van der Waals surface area (Å²) in [6.07, 6.45) is 2.53. The van der Waals surface area contributed by atoms with Gasteiger partial charge < -0.3 is 15.4 Å². The maximum Gasteiger partial charge on any atom is 0.338 e. The molecule has 3 N–H and O–H groups in total. The van der Waals surface area contributed by atoms with Crippen LogP contribution in [-0.2, 0) is 4.74 Å². The first-order valence-corrected chi connectivity index (χ1v) is 8.36. The van der Waals surface area contributed by atoms with Gasteiger partial charge >= 0.3 is 5.97 Å². The molecule has 1 aliphatic heterocycles. The number of piperidine rings is 1. The SMILES string of the molecule is COC(=O)c1ccccc1C(=O)N1CCCCC1c1cc(C(N)=O)n[nH]1. The number of carbonyl (C=O) groups is 3. The van der Waals surface area contributed by atoms with Crippen LogP contribution in [0.5, 0.6) is 0 Å². The fourth-order valence-corrected chi connectivity index (χ4v) is 3.24. The van der Waals surface area contributed by atoms with Crippen molar-refractivity contribution in [3.8, 4) is 0 Å². The number of aromatic nitrogens is 2. The number of nitrogens with one attached hydrogen (secondary N) is 1. The molecule has 0 saturated carbocycles. The molecule has 2 aromatic rings. The van der Waals surface area contributed by atoms with E-state index in [9.17, 15) is 14.4 Å². The van der Waals surface area contributed by atoms with Crippen molar-refractivity contribution in [2.75, 3.05) is 13.7 Å². The summed E-state index contributed by atoms with van der Waals surface area (Å²) in [4.78, 5) is 38.1. The second-order valence-electron chi connectivity index (χ2n) is 6.12. The number of benzene rings is 1. The van der Waals surface area contributed by atoms with Gasteiger partial charge in [-0.3, -0.25) is 14.7 Å². The molecular formula is C18H20N4O4. The summed E-state index contributed by atoms with van der Waals surface area (Å²) >= 11 is 0. The zero-order valence-corrected chi connectivity index (χ0v) is 14.4. The van der Waals surface area contributed by atoms with Gasteiger partial charge in [0.1, 0.15) is 5.69 Å². The van der Waals surface area contributed by atoms with Crippen LogP contribution in [0.4, 0.5) is 0 Å². The van der Waals surface area contributed by atoms with Crippen LogP contribution in [0.25, 0.3) is 0 Å². The van der Waals surface area contributed by atoms with E-state index < -0.39 is 11.9 Å². The maximum absolute atomic E-state index is 13.2. The summed E-state index contributed by atoms with van der Waals surface area (Å²) in [5.74, 6) is -1.44. The smallest absolute Gasteiger partial charge is 0.338 e. The van der Waals surface area contributed by atoms with Crippen molar-refractivity contribution in [2.45, 2.75) is 25.3 Å². The van der Waals surface area contributed by atoms with E-state index in [1.165, 1.54) is 7.11 Å². The molecule has 1 aromatic carbocycles.